The number of aliphatic hydroxyl groups excluding tert-OH is 1. The van der Waals surface area contributed by atoms with Crippen LogP contribution >= 0.6 is 0 Å². The first-order chi connectivity index (χ1) is 10.8. The lowest BCUT2D eigenvalue weighted by atomic mass is 9.84. The zero-order chi connectivity index (χ0) is 17.3. The highest BCUT2D eigenvalue weighted by molar-refractivity contribution is 5.29. The van der Waals surface area contributed by atoms with Crippen molar-refractivity contribution in [3.8, 4) is 0 Å². The molecule has 0 bridgehead atoms. The van der Waals surface area contributed by atoms with Crippen LogP contribution in [0.2, 0.25) is 0 Å². The maximum Gasteiger partial charge on any atom is 0.104 e. The average molecular weight is 328 g/mol. The predicted molar refractivity (Wildman–Crippen MR) is 90.2 cm³/mol. The summed E-state index contributed by atoms with van der Waals surface area (Å²) in [7, 11) is 0. The molecule has 0 saturated carbocycles. The first kappa shape index (κ1) is 20.3. The number of unbranched alkanes of at least 4 members (excludes halogenated alkanes) is 1. The highest BCUT2D eigenvalue weighted by atomic mass is 16.5. The molecule has 1 aliphatic rings. The third-order valence-corrected chi connectivity index (χ3v) is 3.79. The maximum absolute atomic E-state index is 10.4. The molecule has 5 nitrogen and oxygen atoms in total. The molecule has 0 aromatic carbocycles. The molecule has 23 heavy (non-hydrogen) atoms. The van der Waals surface area contributed by atoms with Crippen LogP contribution < -0.4 is 0 Å². The summed E-state index contributed by atoms with van der Waals surface area (Å²) in [6, 6.07) is 0. The first-order valence-electron chi connectivity index (χ1n) is 8.51. The number of ether oxygens (including phenoxy) is 2. The zero-order valence-electron chi connectivity index (χ0n) is 14.6. The summed E-state index contributed by atoms with van der Waals surface area (Å²) in [4.78, 5) is 0. The van der Waals surface area contributed by atoms with Crippen LogP contribution in [0.1, 0.15) is 46.5 Å². The minimum absolute atomic E-state index is 0.0366. The van der Waals surface area contributed by atoms with Crippen LogP contribution in [0.3, 0.4) is 0 Å². The van der Waals surface area contributed by atoms with Crippen LogP contribution in [-0.2, 0) is 9.47 Å². The molecular weight excluding hydrogens is 296 g/mol. The molecule has 0 fully saturated rings. The van der Waals surface area contributed by atoms with Gasteiger partial charge in [-0.05, 0) is 32.4 Å². The van der Waals surface area contributed by atoms with Crippen molar-refractivity contribution in [1.82, 2.24) is 0 Å². The minimum atomic E-state index is -1.25. The molecule has 0 aromatic rings. The number of aliphatic hydroxyl groups is 3. The van der Waals surface area contributed by atoms with Gasteiger partial charge in [0.25, 0.3) is 0 Å². The third-order valence-electron chi connectivity index (χ3n) is 3.79. The molecule has 134 valence electrons. The fourth-order valence-electron chi connectivity index (χ4n) is 2.32. The van der Waals surface area contributed by atoms with Crippen molar-refractivity contribution in [2.24, 2.45) is 0 Å². The summed E-state index contributed by atoms with van der Waals surface area (Å²) in [6.45, 7) is 7.23. The minimum Gasteiger partial charge on any atom is -0.391 e. The lowest BCUT2D eigenvalue weighted by Gasteiger charge is -2.32. The van der Waals surface area contributed by atoms with Gasteiger partial charge in [0.15, 0.2) is 0 Å². The molecule has 0 aliphatic heterocycles. The largest absolute Gasteiger partial charge is 0.391 e. The van der Waals surface area contributed by atoms with Crippen LogP contribution in [0.15, 0.2) is 24.3 Å². The monoisotopic (exact) mass is 328 g/mol. The molecule has 0 amide bonds. The van der Waals surface area contributed by atoms with Crippen molar-refractivity contribution < 1.29 is 24.8 Å². The topological polar surface area (TPSA) is 79.2 Å². The molecule has 0 saturated heterocycles. The Morgan fingerprint density at radius 3 is 2.17 bits per heavy atom. The van der Waals surface area contributed by atoms with Crippen LogP contribution in [-0.4, -0.2) is 58.6 Å². The van der Waals surface area contributed by atoms with Gasteiger partial charge in [-0.1, -0.05) is 25.5 Å². The lowest BCUT2D eigenvalue weighted by Crippen LogP contribution is -2.37. The van der Waals surface area contributed by atoms with Crippen molar-refractivity contribution in [2.75, 3.05) is 19.8 Å². The molecule has 1 atom stereocenters. The number of rotatable bonds is 11. The van der Waals surface area contributed by atoms with E-state index in [1.807, 2.05) is 13.8 Å². The Kier molecular flexibility index (Phi) is 8.44. The Bertz CT molecular complexity index is 375. The Morgan fingerprint density at radius 2 is 1.61 bits per heavy atom. The Labute approximate surface area is 139 Å². The predicted octanol–water partition coefficient (Wildman–Crippen LogP) is 1.96. The third kappa shape index (κ3) is 8.08. The van der Waals surface area contributed by atoms with Gasteiger partial charge < -0.3 is 24.8 Å². The zero-order valence-corrected chi connectivity index (χ0v) is 14.6. The molecule has 3 N–H and O–H groups in total. The van der Waals surface area contributed by atoms with Gasteiger partial charge in [-0.2, -0.15) is 0 Å². The Balaban J connectivity index is 2.41. The van der Waals surface area contributed by atoms with Crippen LogP contribution in [0.25, 0.3) is 0 Å². The fraction of sp³-hybridized carbons (Fsp3) is 0.778. The molecule has 0 heterocycles. The smallest absolute Gasteiger partial charge is 0.104 e. The second-order valence-corrected chi connectivity index (χ2v) is 6.61. The molecular formula is C18H32O5. The molecule has 1 unspecified atom stereocenters. The second kappa shape index (κ2) is 9.55. The van der Waals surface area contributed by atoms with E-state index < -0.39 is 17.3 Å². The number of hydrogen-bond acceptors (Lipinski definition) is 5. The molecule has 0 aromatic heterocycles. The second-order valence-electron chi connectivity index (χ2n) is 6.61. The van der Waals surface area contributed by atoms with Crippen LogP contribution in [0.5, 0.6) is 0 Å². The average Bonchev–Trinajstić information content (AvgIpc) is 2.49. The number of hydrogen-bond donors (Lipinski definition) is 3. The van der Waals surface area contributed by atoms with Gasteiger partial charge in [-0.3, -0.25) is 0 Å². The standard InChI is InChI=1S/C18H32O5/c1-4-5-11-22-12-10-17(20)6-8-18(21,9-7-17)13-16(19)14-23-15(2)3/h6-9,15-16,19-21H,4-5,10-14H2,1-3H3. The summed E-state index contributed by atoms with van der Waals surface area (Å²) in [5.41, 5.74) is -2.35. The van der Waals surface area contributed by atoms with E-state index in [2.05, 4.69) is 6.92 Å². The van der Waals surface area contributed by atoms with E-state index in [9.17, 15) is 15.3 Å². The van der Waals surface area contributed by atoms with Gasteiger partial charge >= 0.3 is 0 Å². The summed E-state index contributed by atoms with van der Waals surface area (Å²) < 4.78 is 10.8. The molecule has 5 heteroatoms. The van der Waals surface area contributed by atoms with Crippen molar-refractivity contribution in [3.05, 3.63) is 24.3 Å². The van der Waals surface area contributed by atoms with E-state index in [-0.39, 0.29) is 19.1 Å². The van der Waals surface area contributed by atoms with E-state index in [4.69, 9.17) is 9.47 Å². The van der Waals surface area contributed by atoms with Crippen LogP contribution in [0.4, 0.5) is 0 Å². The molecule has 0 radical (unpaired) electrons. The summed E-state index contributed by atoms with van der Waals surface area (Å²) in [6.07, 6.45) is 8.18. The fourth-order valence-corrected chi connectivity index (χ4v) is 2.32. The van der Waals surface area contributed by atoms with Crippen molar-refractivity contribution in [3.63, 3.8) is 0 Å². The van der Waals surface area contributed by atoms with Gasteiger partial charge in [0.2, 0.25) is 0 Å². The van der Waals surface area contributed by atoms with Crippen molar-refractivity contribution in [1.29, 1.82) is 0 Å². The SMILES string of the molecule is CCCCOCCC1(O)C=CC(O)(CC(O)COC(C)C)C=C1. The molecule has 0 spiro atoms. The lowest BCUT2D eigenvalue weighted by molar-refractivity contribution is -0.0235. The normalized spacial score (nSPS) is 28.5. The van der Waals surface area contributed by atoms with E-state index in [0.717, 1.165) is 12.8 Å². The van der Waals surface area contributed by atoms with E-state index in [1.165, 1.54) is 12.2 Å². The summed E-state index contributed by atoms with van der Waals surface area (Å²) in [5, 5.41) is 30.8. The van der Waals surface area contributed by atoms with Gasteiger partial charge in [0, 0.05) is 26.1 Å². The maximum atomic E-state index is 10.4. The quantitative estimate of drug-likeness (QED) is 0.399. The van der Waals surface area contributed by atoms with Crippen molar-refractivity contribution in [2.45, 2.75) is 69.9 Å². The van der Waals surface area contributed by atoms with E-state index in [0.29, 0.717) is 19.6 Å². The van der Waals surface area contributed by atoms with Gasteiger partial charge in [0.05, 0.1) is 18.8 Å². The van der Waals surface area contributed by atoms with Crippen LogP contribution in [0, 0.1) is 0 Å². The van der Waals surface area contributed by atoms with E-state index in [1.54, 1.807) is 12.2 Å². The summed E-state index contributed by atoms with van der Waals surface area (Å²) >= 11 is 0. The molecule has 1 aliphatic carbocycles. The van der Waals surface area contributed by atoms with Gasteiger partial charge in [-0.25, -0.2) is 0 Å². The van der Waals surface area contributed by atoms with Crippen molar-refractivity contribution >= 4 is 0 Å². The van der Waals surface area contributed by atoms with Gasteiger partial charge in [0.1, 0.15) is 11.2 Å². The highest BCUT2D eigenvalue weighted by Gasteiger charge is 2.32. The molecule has 1 rings (SSSR count). The Morgan fingerprint density at radius 1 is 1.00 bits per heavy atom. The van der Waals surface area contributed by atoms with E-state index >= 15 is 0 Å². The Hall–Kier alpha value is -0.720. The first-order valence-corrected chi connectivity index (χ1v) is 8.51. The van der Waals surface area contributed by atoms with Gasteiger partial charge in [-0.15, -0.1) is 0 Å². The highest BCUT2D eigenvalue weighted by Crippen LogP contribution is 2.28. The summed E-state index contributed by atoms with van der Waals surface area (Å²) in [5.74, 6) is 0.